The Morgan fingerprint density at radius 3 is 2.77 bits per heavy atom. The summed E-state index contributed by atoms with van der Waals surface area (Å²) in [6.45, 7) is 3.78. The lowest BCUT2D eigenvalue weighted by Crippen LogP contribution is -2.29. The average Bonchev–Trinajstić information content (AvgIpc) is 3.12. The zero-order chi connectivity index (χ0) is 18.3. The maximum atomic E-state index is 12.0. The van der Waals surface area contributed by atoms with E-state index in [1.165, 1.54) is 5.56 Å². The van der Waals surface area contributed by atoms with Gasteiger partial charge in [-0.2, -0.15) is 0 Å². The molecule has 134 valence electrons. The molecule has 3 atom stereocenters. The van der Waals surface area contributed by atoms with E-state index in [-0.39, 0.29) is 23.8 Å². The number of aromatic hydroxyl groups is 1. The first-order valence-corrected chi connectivity index (χ1v) is 9.20. The number of para-hydroxylation sites is 1. The predicted octanol–water partition coefficient (Wildman–Crippen LogP) is 4.81. The SMILES string of the molecule is CC(C)C(=O)Nc1ccc2c(c1)C1C=CCC1C(c1ccccc1O)N2. The molecule has 1 aliphatic heterocycles. The standard InChI is InChI=1S/C22H24N2O2/c1-13(2)22(26)23-14-10-11-19-18(12-14)15-7-5-8-16(15)21(24-19)17-6-3-4-9-20(17)25/h3-7,9-13,15-16,21,24-25H,8H2,1-2H3,(H,23,26). The summed E-state index contributed by atoms with van der Waals surface area (Å²) in [6, 6.07) is 13.7. The molecule has 0 bridgehead atoms. The van der Waals surface area contributed by atoms with Crippen LogP contribution in [0.5, 0.6) is 5.75 Å². The van der Waals surface area contributed by atoms with Crippen molar-refractivity contribution in [3.63, 3.8) is 0 Å². The zero-order valence-corrected chi connectivity index (χ0v) is 15.1. The number of phenolic OH excluding ortho intramolecular Hbond substituents is 1. The highest BCUT2D eigenvalue weighted by Gasteiger charge is 2.38. The van der Waals surface area contributed by atoms with E-state index in [1.807, 2.05) is 44.2 Å². The fraction of sp³-hybridized carbons (Fsp3) is 0.318. The Labute approximate surface area is 153 Å². The van der Waals surface area contributed by atoms with Crippen LogP contribution in [0.15, 0.2) is 54.6 Å². The molecule has 1 amide bonds. The minimum absolute atomic E-state index is 0.0271. The fourth-order valence-electron chi connectivity index (χ4n) is 4.02. The molecule has 0 radical (unpaired) electrons. The number of nitrogens with one attached hydrogen (secondary N) is 2. The van der Waals surface area contributed by atoms with Crippen LogP contribution in [0, 0.1) is 11.8 Å². The Kier molecular flexibility index (Phi) is 4.19. The van der Waals surface area contributed by atoms with E-state index >= 15 is 0 Å². The van der Waals surface area contributed by atoms with Crippen LogP contribution in [0.25, 0.3) is 0 Å². The third-order valence-corrected chi connectivity index (χ3v) is 5.43. The number of benzene rings is 2. The van der Waals surface area contributed by atoms with Gasteiger partial charge in [0, 0.05) is 28.8 Å². The van der Waals surface area contributed by atoms with Crippen molar-refractivity contribution < 1.29 is 9.90 Å². The smallest absolute Gasteiger partial charge is 0.226 e. The molecule has 0 fully saturated rings. The number of fused-ring (bicyclic) bond motifs is 3. The third kappa shape index (κ3) is 2.85. The zero-order valence-electron chi connectivity index (χ0n) is 15.1. The Bertz CT molecular complexity index is 872. The summed E-state index contributed by atoms with van der Waals surface area (Å²) in [5.41, 5.74) is 4.05. The molecule has 4 rings (SSSR count). The average molecular weight is 348 g/mol. The summed E-state index contributed by atoms with van der Waals surface area (Å²) >= 11 is 0. The normalized spacial score (nSPS) is 23.3. The molecule has 4 heteroatoms. The van der Waals surface area contributed by atoms with E-state index < -0.39 is 0 Å². The van der Waals surface area contributed by atoms with E-state index in [1.54, 1.807) is 6.07 Å². The van der Waals surface area contributed by atoms with E-state index in [0.717, 1.165) is 23.4 Å². The minimum atomic E-state index is -0.0475. The van der Waals surface area contributed by atoms with Gasteiger partial charge in [0.1, 0.15) is 5.75 Å². The largest absolute Gasteiger partial charge is 0.508 e. The maximum absolute atomic E-state index is 12.0. The number of phenols is 1. The Morgan fingerprint density at radius 1 is 1.19 bits per heavy atom. The van der Waals surface area contributed by atoms with Gasteiger partial charge in [0.25, 0.3) is 0 Å². The molecule has 26 heavy (non-hydrogen) atoms. The molecule has 0 aromatic heterocycles. The van der Waals surface area contributed by atoms with E-state index in [0.29, 0.717) is 11.7 Å². The second-order valence-corrected chi connectivity index (χ2v) is 7.48. The van der Waals surface area contributed by atoms with Gasteiger partial charge in [-0.3, -0.25) is 4.79 Å². The summed E-state index contributed by atoms with van der Waals surface area (Å²) in [4.78, 5) is 12.0. The second kappa shape index (κ2) is 6.52. The van der Waals surface area contributed by atoms with Crippen molar-refractivity contribution in [2.75, 3.05) is 10.6 Å². The maximum Gasteiger partial charge on any atom is 0.226 e. The van der Waals surface area contributed by atoms with Crippen molar-refractivity contribution in [3.05, 3.63) is 65.7 Å². The number of anilines is 2. The third-order valence-electron chi connectivity index (χ3n) is 5.43. The number of carbonyl (C=O) groups excluding carboxylic acids is 1. The molecule has 3 N–H and O–H groups in total. The molecule has 0 saturated heterocycles. The van der Waals surface area contributed by atoms with Gasteiger partial charge in [0.15, 0.2) is 0 Å². The molecule has 4 nitrogen and oxygen atoms in total. The topological polar surface area (TPSA) is 61.4 Å². The van der Waals surface area contributed by atoms with Gasteiger partial charge in [-0.25, -0.2) is 0 Å². The van der Waals surface area contributed by atoms with Gasteiger partial charge >= 0.3 is 0 Å². The highest BCUT2D eigenvalue weighted by atomic mass is 16.3. The molecule has 3 unspecified atom stereocenters. The molecule has 1 heterocycles. The molecular weight excluding hydrogens is 324 g/mol. The second-order valence-electron chi connectivity index (χ2n) is 7.48. The number of carbonyl (C=O) groups is 1. The van der Waals surface area contributed by atoms with Crippen LogP contribution in [0.3, 0.4) is 0 Å². The van der Waals surface area contributed by atoms with Crippen molar-refractivity contribution in [2.45, 2.75) is 32.2 Å². The highest BCUT2D eigenvalue weighted by Crippen LogP contribution is 2.51. The van der Waals surface area contributed by atoms with Crippen LogP contribution >= 0.6 is 0 Å². The van der Waals surface area contributed by atoms with Gasteiger partial charge in [-0.1, -0.05) is 44.2 Å². The Balaban J connectivity index is 1.69. The Morgan fingerprint density at radius 2 is 2.00 bits per heavy atom. The Hall–Kier alpha value is -2.75. The summed E-state index contributed by atoms with van der Waals surface area (Å²) in [6.07, 6.45) is 5.45. The van der Waals surface area contributed by atoms with E-state index in [9.17, 15) is 9.90 Å². The van der Waals surface area contributed by atoms with Gasteiger partial charge in [-0.05, 0) is 42.2 Å². The van der Waals surface area contributed by atoms with Crippen molar-refractivity contribution >= 4 is 17.3 Å². The quantitative estimate of drug-likeness (QED) is 0.697. The minimum Gasteiger partial charge on any atom is -0.508 e. The van der Waals surface area contributed by atoms with Crippen molar-refractivity contribution in [1.29, 1.82) is 0 Å². The molecule has 2 aromatic rings. The number of rotatable bonds is 3. The summed E-state index contributed by atoms with van der Waals surface area (Å²) in [7, 11) is 0. The number of amides is 1. The van der Waals surface area contributed by atoms with Gasteiger partial charge in [-0.15, -0.1) is 0 Å². The van der Waals surface area contributed by atoms with Crippen LogP contribution in [0.2, 0.25) is 0 Å². The summed E-state index contributed by atoms with van der Waals surface area (Å²) < 4.78 is 0. The van der Waals surface area contributed by atoms with Crippen LogP contribution in [0.1, 0.15) is 43.4 Å². The van der Waals surface area contributed by atoms with Crippen molar-refractivity contribution in [3.8, 4) is 5.75 Å². The first-order chi connectivity index (χ1) is 12.5. The van der Waals surface area contributed by atoms with Crippen LogP contribution in [-0.2, 0) is 4.79 Å². The molecule has 0 saturated carbocycles. The van der Waals surface area contributed by atoms with Gasteiger partial charge in [0.2, 0.25) is 5.91 Å². The fourth-order valence-corrected chi connectivity index (χ4v) is 4.02. The predicted molar refractivity (Wildman–Crippen MR) is 104 cm³/mol. The lowest BCUT2D eigenvalue weighted by molar-refractivity contribution is -0.118. The summed E-state index contributed by atoms with van der Waals surface area (Å²) in [5, 5.41) is 16.9. The molecule has 1 aliphatic carbocycles. The monoisotopic (exact) mass is 348 g/mol. The van der Waals surface area contributed by atoms with Crippen molar-refractivity contribution in [1.82, 2.24) is 0 Å². The first kappa shape index (κ1) is 16.7. The van der Waals surface area contributed by atoms with E-state index in [2.05, 4.69) is 28.9 Å². The van der Waals surface area contributed by atoms with Crippen LogP contribution < -0.4 is 10.6 Å². The summed E-state index contributed by atoms with van der Waals surface area (Å²) in [5.74, 6) is 0.951. The van der Waals surface area contributed by atoms with Gasteiger partial charge < -0.3 is 15.7 Å². The van der Waals surface area contributed by atoms with Crippen LogP contribution in [-0.4, -0.2) is 11.0 Å². The number of hydrogen-bond donors (Lipinski definition) is 3. The highest BCUT2D eigenvalue weighted by molar-refractivity contribution is 5.92. The van der Waals surface area contributed by atoms with E-state index in [4.69, 9.17) is 0 Å². The molecular formula is C22H24N2O2. The molecule has 2 aromatic carbocycles. The lowest BCUT2D eigenvalue weighted by Gasteiger charge is -2.38. The molecule has 0 spiro atoms. The molecule has 2 aliphatic rings. The van der Waals surface area contributed by atoms with Gasteiger partial charge in [0.05, 0.1) is 6.04 Å². The first-order valence-electron chi connectivity index (χ1n) is 9.20. The number of allylic oxidation sites excluding steroid dienone is 2. The lowest BCUT2D eigenvalue weighted by atomic mass is 9.76. The van der Waals surface area contributed by atoms with Crippen LogP contribution in [0.4, 0.5) is 11.4 Å². The number of hydrogen-bond acceptors (Lipinski definition) is 3. The van der Waals surface area contributed by atoms with Crippen molar-refractivity contribution in [2.24, 2.45) is 11.8 Å².